The van der Waals surface area contributed by atoms with Crippen LogP contribution in [0.15, 0.2) is 54.6 Å². The first-order valence-electron chi connectivity index (χ1n) is 7.61. The Morgan fingerprint density at radius 3 is 2.18 bits per heavy atom. The normalized spacial score (nSPS) is 11.6. The number of hydrogen-bond acceptors (Lipinski definition) is 1. The molecule has 22 heavy (non-hydrogen) atoms. The number of benzene rings is 4. The number of rotatable bonds is 4. The molecule has 0 aliphatic heterocycles. The molecule has 0 fully saturated rings. The van der Waals surface area contributed by atoms with Gasteiger partial charge in [0, 0.05) is 6.42 Å². The summed E-state index contributed by atoms with van der Waals surface area (Å²) < 4.78 is 0. The Balaban J connectivity index is 1.94. The van der Waals surface area contributed by atoms with Crippen LogP contribution < -0.4 is 0 Å². The van der Waals surface area contributed by atoms with Gasteiger partial charge in [0.15, 0.2) is 0 Å². The Bertz CT molecular complexity index is 969. The number of carbonyl (C=O) groups is 1. The van der Waals surface area contributed by atoms with Gasteiger partial charge in [-0.1, -0.05) is 54.6 Å². The monoisotopic (exact) mass is 292 g/mol. The van der Waals surface area contributed by atoms with Gasteiger partial charge in [-0.05, 0) is 50.7 Å². The molecule has 4 aromatic rings. The molecule has 0 unspecified atom stereocenters. The van der Waals surface area contributed by atoms with E-state index in [2.05, 4.69) is 54.6 Å². The van der Waals surface area contributed by atoms with Crippen LogP contribution in [0.1, 0.15) is 18.4 Å². The van der Waals surface area contributed by atoms with Crippen molar-refractivity contribution < 1.29 is 9.90 Å². The quantitative estimate of drug-likeness (QED) is 0.425. The zero-order chi connectivity index (χ0) is 15.1. The van der Waals surface area contributed by atoms with Crippen molar-refractivity contribution in [2.24, 2.45) is 0 Å². The highest BCUT2D eigenvalue weighted by molar-refractivity contribution is 6.23. The van der Waals surface area contributed by atoms with Crippen LogP contribution in [0.5, 0.6) is 0 Å². The molecule has 2 heteroatoms. The van der Waals surface area contributed by atoms with Gasteiger partial charge in [-0.15, -0.1) is 0 Å². The first-order chi connectivity index (χ1) is 10.7. The minimum Gasteiger partial charge on any atom is -0.481 e. The highest BCUT2D eigenvalue weighted by Crippen LogP contribution is 2.36. The van der Waals surface area contributed by atoms with E-state index in [1.807, 2.05) is 0 Å². The lowest BCUT2D eigenvalue weighted by molar-refractivity contribution is -0.137. The molecule has 0 saturated carbocycles. The summed E-state index contributed by atoms with van der Waals surface area (Å²) in [7, 11) is 0. The fourth-order valence-corrected chi connectivity index (χ4v) is 3.44. The molecule has 0 saturated heterocycles. The van der Waals surface area contributed by atoms with Crippen molar-refractivity contribution in [2.75, 3.05) is 0 Å². The van der Waals surface area contributed by atoms with E-state index in [4.69, 9.17) is 5.11 Å². The van der Waals surface area contributed by atoms with Crippen LogP contribution in [0, 0.1) is 0 Å². The van der Waals surface area contributed by atoms with Crippen molar-refractivity contribution in [1.29, 1.82) is 0 Å². The van der Waals surface area contributed by atoms with Gasteiger partial charge in [-0.2, -0.15) is 0 Å². The summed E-state index contributed by atoms with van der Waals surface area (Å²) in [6.07, 6.45) is 1.71. The van der Waals surface area contributed by atoms with Crippen LogP contribution in [0.2, 0.25) is 0 Å². The molecule has 2 nitrogen and oxygen atoms in total. The third-order valence-electron chi connectivity index (χ3n) is 4.46. The van der Waals surface area contributed by atoms with Gasteiger partial charge < -0.3 is 5.11 Å². The molecular formula is C20H16O2. The van der Waals surface area contributed by atoms with E-state index in [1.54, 1.807) is 0 Å². The molecule has 0 aromatic heterocycles. The van der Waals surface area contributed by atoms with Crippen LogP contribution in [-0.4, -0.2) is 11.1 Å². The van der Waals surface area contributed by atoms with Gasteiger partial charge in [0.05, 0.1) is 0 Å². The zero-order valence-electron chi connectivity index (χ0n) is 12.2. The van der Waals surface area contributed by atoms with Gasteiger partial charge in [0.2, 0.25) is 0 Å². The summed E-state index contributed by atoms with van der Waals surface area (Å²) in [6.45, 7) is 0. The molecule has 0 amide bonds. The minimum atomic E-state index is -0.724. The Morgan fingerprint density at radius 1 is 0.818 bits per heavy atom. The molecule has 0 atom stereocenters. The summed E-state index contributed by atoms with van der Waals surface area (Å²) in [6, 6.07) is 19.4. The van der Waals surface area contributed by atoms with Gasteiger partial charge in [0.25, 0.3) is 0 Å². The van der Waals surface area contributed by atoms with E-state index in [0.29, 0.717) is 6.42 Å². The van der Waals surface area contributed by atoms with E-state index in [0.717, 1.165) is 6.42 Å². The van der Waals surface area contributed by atoms with E-state index in [1.165, 1.54) is 37.9 Å². The van der Waals surface area contributed by atoms with Crippen molar-refractivity contribution >= 4 is 38.3 Å². The molecule has 0 aliphatic carbocycles. The molecule has 0 spiro atoms. The van der Waals surface area contributed by atoms with Crippen LogP contribution in [0.3, 0.4) is 0 Å². The Kier molecular flexibility index (Phi) is 2.97. The number of carboxylic acids is 1. The molecule has 0 heterocycles. The van der Waals surface area contributed by atoms with Crippen molar-refractivity contribution in [3.8, 4) is 0 Å². The zero-order valence-corrected chi connectivity index (χ0v) is 12.2. The van der Waals surface area contributed by atoms with Crippen molar-refractivity contribution in [3.63, 3.8) is 0 Å². The second-order valence-electron chi connectivity index (χ2n) is 5.83. The summed E-state index contributed by atoms with van der Waals surface area (Å²) in [5.74, 6) is -0.724. The molecule has 0 aliphatic rings. The Hall–Kier alpha value is -2.61. The average Bonchev–Trinajstić information content (AvgIpc) is 2.53. The van der Waals surface area contributed by atoms with Gasteiger partial charge in [-0.25, -0.2) is 0 Å². The fourth-order valence-electron chi connectivity index (χ4n) is 3.44. The second kappa shape index (κ2) is 4.99. The van der Waals surface area contributed by atoms with Crippen LogP contribution >= 0.6 is 0 Å². The highest BCUT2D eigenvalue weighted by Gasteiger charge is 2.10. The highest BCUT2D eigenvalue weighted by atomic mass is 16.5. The summed E-state index contributed by atoms with van der Waals surface area (Å²) in [5, 5.41) is 16.5. The van der Waals surface area contributed by atoms with E-state index < -0.39 is 5.97 Å². The molecule has 1 N–H and O–H groups in total. The summed E-state index contributed by atoms with van der Waals surface area (Å²) >= 11 is 0. The van der Waals surface area contributed by atoms with E-state index in [9.17, 15) is 4.79 Å². The standard InChI is InChI=1S/C20H16O2/c21-18(22)6-2-3-13-7-8-16-10-9-14-4-1-5-15-11-12-17(13)20(16)19(14)15/h1,4-5,7-12H,2-3,6H2,(H,21,22)/i2+1,3+1,6+1,18+1. The van der Waals surface area contributed by atoms with Crippen LogP contribution in [-0.2, 0) is 11.2 Å². The number of aryl methyl sites for hydroxylation is 1. The lowest BCUT2D eigenvalue weighted by Crippen LogP contribution is -1.96. The van der Waals surface area contributed by atoms with Crippen LogP contribution in [0.4, 0.5) is 0 Å². The smallest absolute Gasteiger partial charge is 0.303 e. The molecule has 108 valence electrons. The van der Waals surface area contributed by atoms with E-state index in [-0.39, 0.29) is 6.42 Å². The number of aliphatic carboxylic acids is 1. The fraction of sp³-hybridized carbons (Fsp3) is 0.150. The molecule has 0 radical (unpaired) electrons. The maximum absolute atomic E-state index is 10.7. The lowest BCUT2D eigenvalue weighted by Gasteiger charge is -2.13. The third-order valence-corrected chi connectivity index (χ3v) is 4.46. The largest absolute Gasteiger partial charge is 0.481 e. The summed E-state index contributed by atoms with van der Waals surface area (Å²) in [5.41, 5.74) is 1.24. The SMILES string of the molecule is O=[13C](O)[13CH2][13CH2][13CH2]c1ccc2ccc3cccc4ccc1c2c34. The number of hydrogen-bond donors (Lipinski definition) is 1. The molecule has 4 rings (SSSR count). The topological polar surface area (TPSA) is 37.3 Å². The average molecular weight is 292 g/mol. The Morgan fingerprint density at radius 2 is 1.45 bits per heavy atom. The predicted octanol–water partition coefficient (Wildman–Crippen LogP) is 4.99. The minimum absolute atomic E-state index is 0.224. The second-order valence-corrected chi connectivity index (χ2v) is 5.83. The van der Waals surface area contributed by atoms with Crippen LogP contribution in [0.25, 0.3) is 32.3 Å². The maximum atomic E-state index is 10.7. The molecule has 0 bridgehead atoms. The maximum Gasteiger partial charge on any atom is 0.303 e. The van der Waals surface area contributed by atoms with E-state index >= 15 is 0 Å². The van der Waals surface area contributed by atoms with Crippen molar-refractivity contribution in [3.05, 3.63) is 60.2 Å². The van der Waals surface area contributed by atoms with Gasteiger partial charge in [0.1, 0.15) is 0 Å². The number of carboxylic acid groups (broad SMARTS) is 1. The van der Waals surface area contributed by atoms with Gasteiger partial charge >= 0.3 is 5.97 Å². The molecule has 4 aromatic carbocycles. The predicted molar refractivity (Wildman–Crippen MR) is 90.7 cm³/mol. The third kappa shape index (κ3) is 2.00. The van der Waals surface area contributed by atoms with Gasteiger partial charge in [-0.3, -0.25) is 4.79 Å². The first-order valence-corrected chi connectivity index (χ1v) is 7.61. The summed E-state index contributed by atoms with van der Waals surface area (Å²) in [4.78, 5) is 10.7. The Labute approximate surface area is 128 Å². The first kappa shape index (κ1) is 13.1. The lowest BCUT2D eigenvalue weighted by atomic mass is 9.93. The molecular weight excluding hydrogens is 276 g/mol. The van der Waals surface area contributed by atoms with Crippen molar-refractivity contribution in [2.45, 2.75) is 19.3 Å². The van der Waals surface area contributed by atoms with Crippen molar-refractivity contribution in [1.82, 2.24) is 0 Å².